The molecule has 0 radical (unpaired) electrons. The summed E-state index contributed by atoms with van der Waals surface area (Å²) in [6.45, 7) is 0. The van der Waals surface area contributed by atoms with Gasteiger partial charge >= 0.3 is 0 Å². The lowest BCUT2D eigenvalue weighted by molar-refractivity contribution is 0.648. The lowest BCUT2D eigenvalue weighted by Crippen LogP contribution is -2.09. The molecule has 1 aliphatic rings. The topological polar surface area (TPSA) is 38.0 Å². The highest BCUT2D eigenvalue weighted by Gasteiger charge is 2.27. The van der Waals surface area contributed by atoms with Crippen LogP contribution in [0.2, 0.25) is 10.0 Å². The summed E-state index contributed by atoms with van der Waals surface area (Å²) in [4.78, 5) is 0. The van der Waals surface area contributed by atoms with Crippen LogP contribution in [0.4, 0.5) is 5.69 Å². The quantitative estimate of drug-likeness (QED) is 0.852. The van der Waals surface area contributed by atoms with E-state index < -0.39 is 0 Å². The van der Waals surface area contributed by atoms with Crippen LogP contribution in [-0.4, -0.2) is 0 Å². The number of fused-ring (bicyclic) bond motifs is 1. The Morgan fingerprint density at radius 3 is 2.32 bits per heavy atom. The molecule has 2 atom stereocenters. The summed E-state index contributed by atoms with van der Waals surface area (Å²) in [5.41, 5.74) is 9.55. The molecular formula is C15H14Cl2N2. The highest BCUT2D eigenvalue weighted by Crippen LogP contribution is 2.39. The first-order valence-electron chi connectivity index (χ1n) is 6.20. The SMILES string of the molecule is NC1CC(Nc2cc(Cl)cc(Cl)c2)c2ccccc21. The molecule has 0 bridgehead atoms. The third-order valence-corrected chi connectivity index (χ3v) is 3.90. The van der Waals surface area contributed by atoms with Crippen molar-refractivity contribution in [3.05, 3.63) is 63.6 Å². The third-order valence-electron chi connectivity index (χ3n) is 3.46. The first kappa shape index (κ1) is 12.8. The number of nitrogens with one attached hydrogen (secondary N) is 1. The molecule has 0 amide bonds. The Morgan fingerprint density at radius 2 is 1.63 bits per heavy atom. The second kappa shape index (κ2) is 5.04. The average molecular weight is 293 g/mol. The fraction of sp³-hybridized carbons (Fsp3) is 0.200. The summed E-state index contributed by atoms with van der Waals surface area (Å²) in [6.07, 6.45) is 0.878. The fourth-order valence-corrected chi connectivity index (χ4v) is 3.17. The molecule has 2 aromatic rings. The summed E-state index contributed by atoms with van der Waals surface area (Å²) in [6, 6.07) is 14.0. The Hall–Kier alpha value is -1.22. The Morgan fingerprint density at radius 1 is 1.00 bits per heavy atom. The molecule has 2 nitrogen and oxygen atoms in total. The van der Waals surface area contributed by atoms with E-state index in [1.54, 1.807) is 6.07 Å². The molecule has 0 aromatic heterocycles. The maximum absolute atomic E-state index is 6.16. The van der Waals surface area contributed by atoms with Crippen LogP contribution in [0.1, 0.15) is 29.6 Å². The number of hydrogen-bond acceptors (Lipinski definition) is 2. The normalized spacial score (nSPS) is 21.2. The second-order valence-corrected chi connectivity index (χ2v) is 5.70. The van der Waals surface area contributed by atoms with Crippen LogP contribution in [0.15, 0.2) is 42.5 Å². The standard InChI is InChI=1S/C15H14Cl2N2/c16-9-5-10(17)7-11(6-9)19-15-8-14(18)12-3-1-2-4-13(12)15/h1-7,14-15,19H,8,18H2. The summed E-state index contributed by atoms with van der Waals surface area (Å²) in [5, 5.41) is 4.72. The Kier molecular flexibility index (Phi) is 3.40. The summed E-state index contributed by atoms with van der Waals surface area (Å²) >= 11 is 12.0. The molecule has 0 saturated carbocycles. The van der Waals surface area contributed by atoms with Crippen molar-refractivity contribution in [1.82, 2.24) is 0 Å². The van der Waals surface area contributed by atoms with Crippen LogP contribution in [0.3, 0.4) is 0 Å². The Balaban J connectivity index is 1.89. The molecule has 2 aromatic carbocycles. The number of nitrogens with two attached hydrogens (primary N) is 1. The molecule has 1 aliphatic carbocycles. The van der Waals surface area contributed by atoms with Crippen molar-refractivity contribution in [3.8, 4) is 0 Å². The predicted octanol–water partition coefficient (Wildman–Crippen LogP) is 4.55. The van der Waals surface area contributed by atoms with Gasteiger partial charge in [-0.1, -0.05) is 47.5 Å². The zero-order valence-corrected chi connectivity index (χ0v) is 11.7. The Labute approximate surface area is 122 Å². The van der Waals surface area contributed by atoms with E-state index in [-0.39, 0.29) is 12.1 Å². The minimum Gasteiger partial charge on any atom is -0.378 e. The highest BCUT2D eigenvalue weighted by atomic mass is 35.5. The maximum atomic E-state index is 6.16. The minimum atomic E-state index is 0.0864. The minimum absolute atomic E-state index is 0.0864. The molecule has 4 heteroatoms. The zero-order chi connectivity index (χ0) is 13.4. The van der Waals surface area contributed by atoms with Crippen molar-refractivity contribution >= 4 is 28.9 Å². The molecule has 0 saturated heterocycles. The van der Waals surface area contributed by atoms with Gasteiger partial charge in [-0.15, -0.1) is 0 Å². The smallest absolute Gasteiger partial charge is 0.0535 e. The predicted molar refractivity (Wildman–Crippen MR) is 80.8 cm³/mol. The van der Waals surface area contributed by atoms with Crippen LogP contribution in [0, 0.1) is 0 Å². The lowest BCUT2D eigenvalue weighted by Gasteiger charge is -2.16. The van der Waals surface area contributed by atoms with Crippen LogP contribution in [0.25, 0.3) is 0 Å². The first-order chi connectivity index (χ1) is 9.13. The molecule has 0 heterocycles. The molecule has 2 unspecified atom stereocenters. The van der Waals surface area contributed by atoms with Crippen molar-refractivity contribution < 1.29 is 0 Å². The van der Waals surface area contributed by atoms with Gasteiger partial charge in [0.1, 0.15) is 0 Å². The molecule has 3 rings (SSSR count). The van der Waals surface area contributed by atoms with Crippen molar-refractivity contribution in [1.29, 1.82) is 0 Å². The molecule has 0 fully saturated rings. The van der Waals surface area contributed by atoms with Gasteiger partial charge in [-0.25, -0.2) is 0 Å². The van der Waals surface area contributed by atoms with E-state index in [2.05, 4.69) is 17.4 Å². The van der Waals surface area contributed by atoms with E-state index in [0.717, 1.165) is 12.1 Å². The third kappa shape index (κ3) is 2.57. The van der Waals surface area contributed by atoms with Crippen molar-refractivity contribution in [2.75, 3.05) is 5.32 Å². The van der Waals surface area contributed by atoms with Gasteiger partial charge in [0, 0.05) is 21.8 Å². The summed E-state index contributed by atoms with van der Waals surface area (Å²) in [5.74, 6) is 0. The van der Waals surface area contributed by atoms with E-state index in [1.807, 2.05) is 24.3 Å². The van der Waals surface area contributed by atoms with Crippen LogP contribution in [-0.2, 0) is 0 Å². The van der Waals surface area contributed by atoms with E-state index in [0.29, 0.717) is 10.0 Å². The van der Waals surface area contributed by atoms with Crippen LogP contribution in [0.5, 0.6) is 0 Å². The maximum Gasteiger partial charge on any atom is 0.0535 e. The van der Waals surface area contributed by atoms with Gasteiger partial charge < -0.3 is 11.1 Å². The number of anilines is 1. The van der Waals surface area contributed by atoms with Gasteiger partial charge in [-0.3, -0.25) is 0 Å². The van der Waals surface area contributed by atoms with E-state index in [4.69, 9.17) is 28.9 Å². The van der Waals surface area contributed by atoms with Crippen LogP contribution < -0.4 is 11.1 Å². The van der Waals surface area contributed by atoms with Gasteiger partial charge in [-0.2, -0.15) is 0 Å². The molecule has 19 heavy (non-hydrogen) atoms. The van der Waals surface area contributed by atoms with E-state index >= 15 is 0 Å². The van der Waals surface area contributed by atoms with Crippen LogP contribution >= 0.6 is 23.2 Å². The monoisotopic (exact) mass is 292 g/mol. The number of benzene rings is 2. The average Bonchev–Trinajstić information content (AvgIpc) is 2.66. The summed E-state index contributed by atoms with van der Waals surface area (Å²) < 4.78 is 0. The molecule has 3 N–H and O–H groups in total. The largest absolute Gasteiger partial charge is 0.378 e. The molecular weight excluding hydrogens is 279 g/mol. The molecule has 0 aliphatic heterocycles. The van der Waals surface area contributed by atoms with Gasteiger partial charge in [-0.05, 0) is 35.7 Å². The molecule has 0 spiro atoms. The number of rotatable bonds is 2. The number of hydrogen-bond donors (Lipinski definition) is 2. The van der Waals surface area contributed by atoms with Gasteiger partial charge in [0.25, 0.3) is 0 Å². The van der Waals surface area contributed by atoms with Crippen molar-refractivity contribution in [2.45, 2.75) is 18.5 Å². The lowest BCUT2D eigenvalue weighted by atomic mass is 10.1. The van der Waals surface area contributed by atoms with Gasteiger partial charge in [0.2, 0.25) is 0 Å². The summed E-state index contributed by atoms with van der Waals surface area (Å²) in [7, 11) is 0. The molecule has 98 valence electrons. The van der Waals surface area contributed by atoms with E-state index in [9.17, 15) is 0 Å². The highest BCUT2D eigenvalue weighted by molar-refractivity contribution is 6.35. The van der Waals surface area contributed by atoms with Gasteiger partial charge in [0.15, 0.2) is 0 Å². The van der Waals surface area contributed by atoms with E-state index in [1.165, 1.54) is 11.1 Å². The first-order valence-corrected chi connectivity index (χ1v) is 6.96. The Bertz CT molecular complexity index is 593. The number of halogens is 2. The zero-order valence-electron chi connectivity index (χ0n) is 10.2. The van der Waals surface area contributed by atoms with Gasteiger partial charge in [0.05, 0.1) is 6.04 Å². The van der Waals surface area contributed by atoms with Crippen molar-refractivity contribution in [2.24, 2.45) is 5.73 Å². The fourth-order valence-electron chi connectivity index (χ4n) is 2.65. The second-order valence-electron chi connectivity index (χ2n) is 4.83. The van der Waals surface area contributed by atoms with Crippen molar-refractivity contribution in [3.63, 3.8) is 0 Å².